The Labute approximate surface area is 118 Å². The Kier molecular flexibility index (Phi) is 3.03. The summed E-state index contributed by atoms with van der Waals surface area (Å²) in [5, 5.41) is 15.7. The molecule has 6 nitrogen and oxygen atoms in total. The maximum Gasteiger partial charge on any atom is 0.335 e. The molecule has 3 rings (SSSR count). The molecule has 0 saturated carbocycles. The molecular formula is C13H10N4O2S. The highest BCUT2D eigenvalue weighted by Gasteiger charge is 2.11. The van der Waals surface area contributed by atoms with Crippen molar-refractivity contribution < 1.29 is 9.90 Å². The van der Waals surface area contributed by atoms with Crippen LogP contribution in [0.2, 0.25) is 0 Å². The lowest BCUT2D eigenvalue weighted by atomic mass is 10.2. The molecule has 7 heteroatoms. The lowest BCUT2D eigenvalue weighted by Crippen LogP contribution is -1.97. The number of aromatic nitrogens is 4. The fourth-order valence-electron chi connectivity index (χ4n) is 1.76. The summed E-state index contributed by atoms with van der Waals surface area (Å²) in [6, 6.07) is 2.98. The Morgan fingerprint density at radius 1 is 1.40 bits per heavy atom. The van der Waals surface area contributed by atoms with Gasteiger partial charge in [0.2, 0.25) is 0 Å². The summed E-state index contributed by atoms with van der Waals surface area (Å²) < 4.78 is 1.71. The molecule has 0 amide bonds. The second-order valence-corrected chi connectivity index (χ2v) is 5.03. The van der Waals surface area contributed by atoms with E-state index in [0.29, 0.717) is 10.7 Å². The summed E-state index contributed by atoms with van der Waals surface area (Å²) in [5.74, 6) is -0.974. The van der Waals surface area contributed by atoms with Crippen LogP contribution in [0.25, 0.3) is 22.0 Å². The van der Waals surface area contributed by atoms with Crippen molar-refractivity contribution in [1.82, 2.24) is 19.7 Å². The first kappa shape index (κ1) is 12.5. The van der Waals surface area contributed by atoms with E-state index < -0.39 is 5.97 Å². The van der Waals surface area contributed by atoms with Crippen LogP contribution in [0.3, 0.4) is 0 Å². The zero-order valence-corrected chi connectivity index (χ0v) is 11.3. The highest BCUT2D eigenvalue weighted by molar-refractivity contribution is 7.13. The number of nitrogens with zero attached hydrogens (tertiary/aromatic N) is 4. The number of carboxylic acid groups (broad SMARTS) is 1. The van der Waals surface area contributed by atoms with Gasteiger partial charge in [0.1, 0.15) is 5.01 Å². The lowest BCUT2D eigenvalue weighted by Gasteiger charge is -1.97. The van der Waals surface area contributed by atoms with Crippen molar-refractivity contribution in [3.63, 3.8) is 0 Å². The minimum absolute atomic E-state index is 0.202. The fraction of sp³-hybridized carbons (Fsp3) is 0.0769. The van der Waals surface area contributed by atoms with Crippen molar-refractivity contribution in [2.24, 2.45) is 7.05 Å². The standard InChI is InChI=1S/C13H10N4O2S/c1-17-6-9(5-15-17)11-7-20-12(16-11)10-4-8(13(18)19)2-3-14-10/h2-7H,1H3,(H,18,19). The number of aryl methyl sites for hydroxylation is 1. The third-order valence-corrected chi connectivity index (χ3v) is 3.60. The van der Waals surface area contributed by atoms with Crippen LogP contribution in [0, 0.1) is 0 Å². The van der Waals surface area contributed by atoms with E-state index in [0.717, 1.165) is 11.3 Å². The molecule has 0 spiro atoms. The average molecular weight is 286 g/mol. The van der Waals surface area contributed by atoms with Crippen LogP contribution >= 0.6 is 11.3 Å². The van der Waals surface area contributed by atoms with Crippen molar-refractivity contribution in [3.05, 3.63) is 41.7 Å². The number of carboxylic acids is 1. The maximum atomic E-state index is 11.0. The highest BCUT2D eigenvalue weighted by atomic mass is 32.1. The van der Waals surface area contributed by atoms with Gasteiger partial charge >= 0.3 is 5.97 Å². The largest absolute Gasteiger partial charge is 0.478 e. The summed E-state index contributed by atoms with van der Waals surface area (Å²) in [5.41, 5.74) is 2.49. The molecule has 100 valence electrons. The van der Waals surface area contributed by atoms with Gasteiger partial charge in [-0.2, -0.15) is 5.10 Å². The van der Waals surface area contributed by atoms with Crippen LogP contribution in [-0.4, -0.2) is 30.8 Å². The van der Waals surface area contributed by atoms with Gasteiger partial charge < -0.3 is 5.11 Å². The molecule has 3 heterocycles. The van der Waals surface area contributed by atoms with E-state index in [1.165, 1.54) is 29.7 Å². The van der Waals surface area contributed by atoms with Crippen LogP contribution in [0.1, 0.15) is 10.4 Å². The first-order chi connectivity index (χ1) is 9.63. The summed E-state index contributed by atoms with van der Waals surface area (Å²) in [4.78, 5) is 19.6. The Balaban J connectivity index is 1.98. The predicted octanol–water partition coefficient (Wildman–Crippen LogP) is 2.30. The van der Waals surface area contributed by atoms with Gasteiger partial charge in [-0.25, -0.2) is 9.78 Å². The Morgan fingerprint density at radius 2 is 2.25 bits per heavy atom. The second-order valence-electron chi connectivity index (χ2n) is 4.18. The minimum Gasteiger partial charge on any atom is -0.478 e. The maximum absolute atomic E-state index is 11.0. The molecule has 3 aromatic heterocycles. The molecule has 0 aromatic carbocycles. The zero-order chi connectivity index (χ0) is 14.1. The van der Waals surface area contributed by atoms with Crippen LogP contribution in [0.15, 0.2) is 36.1 Å². The van der Waals surface area contributed by atoms with E-state index in [9.17, 15) is 4.79 Å². The van der Waals surface area contributed by atoms with Crippen molar-refractivity contribution in [3.8, 4) is 22.0 Å². The molecule has 0 aliphatic rings. The molecule has 0 saturated heterocycles. The highest BCUT2D eigenvalue weighted by Crippen LogP contribution is 2.27. The third kappa shape index (κ3) is 2.30. The average Bonchev–Trinajstić information content (AvgIpc) is 3.07. The number of hydrogen-bond acceptors (Lipinski definition) is 5. The summed E-state index contributed by atoms with van der Waals surface area (Å²) in [6.07, 6.45) is 5.09. The van der Waals surface area contributed by atoms with Gasteiger partial charge in [-0.3, -0.25) is 9.67 Å². The number of pyridine rings is 1. The van der Waals surface area contributed by atoms with E-state index in [2.05, 4.69) is 15.1 Å². The second kappa shape index (κ2) is 4.86. The third-order valence-electron chi connectivity index (χ3n) is 2.73. The van der Waals surface area contributed by atoms with E-state index in [1.54, 1.807) is 10.9 Å². The monoisotopic (exact) mass is 286 g/mol. The molecule has 3 aromatic rings. The topological polar surface area (TPSA) is 80.9 Å². The van der Waals surface area contributed by atoms with Crippen LogP contribution in [0.4, 0.5) is 0 Å². The van der Waals surface area contributed by atoms with E-state index in [1.807, 2.05) is 18.6 Å². The number of carbonyl (C=O) groups is 1. The van der Waals surface area contributed by atoms with Crippen molar-refractivity contribution in [1.29, 1.82) is 0 Å². The lowest BCUT2D eigenvalue weighted by molar-refractivity contribution is 0.0697. The number of hydrogen-bond donors (Lipinski definition) is 1. The molecule has 0 aliphatic carbocycles. The minimum atomic E-state index is -0.974. The van der Waals surface area contributed by atoms with Gasteiger partial charge in [0.05, 0.1) is 23.1 Å². The predicted molar refractivity (Wildman–Crippen MR) is 74.5 cm³/mol. The van der Waals surface area contributed by atoms with Crippen molar-refractivity contribution in [2.75, 3.05) is 0 Å². The van der Waals surface area contributed by atoms with Gasteiger partial charge in [0.15, 0.2) is 0 Å². The Morgan fingerprint density at radius 3 is 2.95 bits per heavy atom. The first-order valence-electron chi connectivity index (χ1n) is 5.78. The Bertz CT molecular complexity index is 778. The number of aromatic carboxylic acids is 1. The van der Waals surface area contributed by atoms with E-state index in [-0.39, 0.29) is 5.56 Å². The van der Waals surface area contributed by atoms with Gasteiger partial charge in [0.25, 0.3) is 0 Å². The Hall–Kier alpha value is -2.54. The van der Waals surface area contributed by atoms with Gasteiger partial charge in [-0.15, -0.1) is 11.3 Å². The molecule has 0 bridgehead atoms. The molecule has 0 atom stereocenters. The molecule has 20 heavy (non-hydrogen) atoms. The van der Waals surface area contributed by atoms with Crippen LogP contribution < -0.4 is 0 Å². The molecule has 0 unspecified atom stereocenters. The molecule has 0 fully saturated rings. The molecule has 0 aliphatic heterocycles. The summed E-state index contributed by atoms with van der Waals surface area (Å²) in [7, 11) is 1.84. The fourth-order valence-corrected chi connectivity index (χ4v) is 2.55. The van der Waals surface area contributed by atoms with Crippen LogP contribution in [-0.2, 0) is 7.05 Å². The van der Waals surface area contributed by atoms with Gasteiger partial charge in [0, 0.05) is 30.4 Å². The summed E-state index contributed by atoms with van der Waals surface area (Å²) in [6.45, 7) is 0. The number of thiazole rings is 1. The zero-order valence-electron chi connectivity index (χ0n) is 10.5. The molecule has 1 N–H and O–H groups in total. The van der Waals surface area contributed by atoms with E-state index >= 15 is 0 Å². The first-order valence-corrected chi connectivity index (χ1v) is 6.66. The molecule has 0 radical (unpaired) electrons. The van der Waals surface area contributed by atoms with Gasteiger partial charge in [-0.05, 0) is 12.1 Å². The number of rotatable bonds is 3. The van der Waals surface area contributed by atoms with Gasteiger partial charge in [-0.1, -0.05) is 0 Å². The SMILES string of the molecule is Cn1cc(-c2csc(-c3cc(C(=O)O)ccn3)n2)cn1. The van der Waals surface area contributed by atoms with Crippen molar-refractivity contribution in [2.45, 2.75) is 0 Å². The summed E-state index contributed by atoms with van der Waals surface area (Å²) >= 11 is 1.42. The normalized spacial score (nSPS) is 10.7. The van der Waals surface area contributed by atoms with Crippen LogP contribution in [0.5, 0.6) is 0 Å². The van der Waals surface area contributed by atoms with E-state index in [4.69, 9.17) is 5.11 Å². The quantitative estimate of drug-likeness (QED) is 0.799. The van der Waals surface area contributed by atoms with Crippen molar-refractivity contribution >= 4 is 17.3 Å². The smallest absolute Gasteiger partial charge is 0.335 e. The molecular weight excluding hydrogens is 276 g/mol.